The molecule has 7 heteroatoms. The number of carbonyl (C=O) groups is 1. The Labute approximate surface area is 216 Å². The lowest BCUT2D eigenvalue weighted by atomic mass is 9.69. The van der Waals surface area contributed by atoms with Crippen molar-refractivity contribution in [1.29, 1.82) is 0 Å². The van der Waals surface area contributed by atoms with Crippen LogP contribution in [0.4, 0.5) is 4.79 Å². The average molecular weight is 502 g/mol. The van der Waals surface area contributed by atoms with Crippen LogP contribution < -0.4 is 9.47 Å². The summed E-state index contributed by atoms with van der Waals surface area (Å²) >= 11 is 0. The van der Waals surface area contributed by atoms with Crippen molar-refractivity contribution < 1.29 is 28.5 Å². The van der Waals surface area contributed by atoms with Crippen LogP contribution in [-0.2, 0) is 14.2 Å². The van der Waals surface area contributed by atoms with E-state index in [-0.39, 0.29) is 18.1 Å². The summed E-state index contributed by atoms with van der Waals surface area (Å²) in [5.74, 6) is 1.60. The summed E-state index contributed by atoms with van der Waals surface area (Å²) < 4.78 is 31.4. The maximum atomic E-state index is 12.9. The van der Waals surface area contributed by atoms with Gasteiger partial charge in [-0.2, -0.15) is 0 Å². The Morgan fingerprint density at radius 2 is 2.06 bits per heavy atom. The predicted molar refractivity (Wildman–Crippen MR) is 139 cm³/mol. The number of rotatable bonds is 5. The van der Waals surface area contributed by atoms with Crippen molar-refractivity contribution in [2.45, 2.75) is 90.6 Å². The third kappa shape index (κ3) is 5.67. The number of fused-ring (bicyclic) bond motifs is 3. The fourth-order valence-corrected chi connectivity index (χ4v) is 5.63. The highest BCUT2D eigenvalue weighted by Gasteiger charge is 2.56. The molecule has 4 atom stereocenters. The third-order valence-corrected chi connectivity index (χ3v) is 7.31. The molecule has 200 valence electrons. The van der Waals surface area contributed by atoms with Gasteiger partial charge in [-0.05, 0) is 73.8 Å². The van der Waals surface area contributed by atoms with Gasteiger partial charge >= 0.3 is 6.09 Å². The van der Waals surface area contributed by atoms with E-state index >= 15 is 0 Å². The van der Waals surface area contributed by atoms with Gasteiger partial charge in [0.25, 0.3) is 0 Å². The molecule has 2 fully saturated rings. The number of carbonyl (C=O) groups excluding carboxylic acids is 1. The molecule has 3 aliphatic rings. The lowest BCUT2D eigenvalue weighted by Gasteiger charge is -2.55. The monoisotopic (exact) mass is 501 g/mol. The number of para-hydroxylation sites is 1. The van der Waals surface area contributed by atoms with Crippen molar-refractivity contribution in [1.82, 2.24) is 4.90 Å². The standard InChI is InChI=1S/C29H43NO6/c1-8-32-23-13-9-12-21-24-22(28(7,35-25(21)23)14-10-11-20(2)3)17-29(19-33-24)18-30(15-16-34-29)26(31)36-27(4,5)6/h9,11-13,22,24H,8,10,14-19H2,1-7H3/t22-,24+,28+,29+/m0/s1. The molecule has 1 amide bonds. The third-order valence-electron chi connectivity index (χ3n) is 7.31. The number of allylic oxidation sites excluding steroid dienone is 2. The summed E-state index contributed by atoms with van der Waals surface area (Å²) in [7, 11) is 0. The zero-order chi connectivity index (χ0) is 26.1. The van der Waals surface area contributed by atoms with Crippen LogP contribution in [0.25, 0.3) is 0 Å². The lowest BCUT2D eigenvalue weighted by molar-refractivity contribution is -0.231. The molecule has 0 radical (unpaired) electrons. The molecule has 7 nitrogen and oxygen atoms in total. The second kappa shape index (κ2) is 10.3. The molecule has 0 unspecified atom stereocenters. The minimum absolute atomic E-state index is 0.0553. The normalized spacial score (nSPS) is 29.6. The van der Waals surface area contributed by atoms with Gasteiger partial charge in [0.05, 0.1) is 32.5 Å². The highest BCUT2D eigenvalue weighted by atomic mass is 16.6. The molecule has 1 aromatic carbocycles. The van der Waals surface area contributed by atoms with Crippen LogP contribution in [0.15, 0.2) is 29.8 Å². The van der Waals surface area contributed by atoms with Crippen molar-refractivity contribution in [3.05, 3.63) is 35.4 Å². The summed E-state index contributed by atoms with van der Waals surface area (Å²) in [5, 5.41) is 0. The molecule has 36 heavy (non-hydrogen) atoms. The van der Waals surface area contributed by atoms with Gasteiger partial charge in [0.2, 0.25) is 0 Å². The molecule has 0 saturated carbocycles. The number of hydrogen-bond acceptors (Lipinski definition) is 6. The van der Waals surface area contributed by atoms with Crippen LogP contribution in [0.1, 0.15) is 79.4 Å². The second-order valence-corrected chi connectivity index (χ2v) is 11.8. The Balaban J connectivity index is 1.63. The largest absolute Gasteiger partial charge is 0.490 e. The lowest BCUT2D eigenvalue weighted by Crippen LogP contribution is -2.63. The maximum absolute atomic E-state index is 12.9. The molecular weight excluding hydrogens is 458 g/mol. The van der Waals surface area contributed by atoms with Gasteiger partial charge in [-0.1, -0.05) is 23.8 Å². The molecule has 4 rings (SSSR count). The molecule has 1 spiro atoms. The molecule has 0 aromatic heterocycles. The number of amides is 1. The van der Waals surface area contributed by atoms with Gasteiger partial charge in [0.1, 0.15) is 16.8 Å². The fraction of sp³-hybridized carbons (Fsp3) is 0.690. The van der Waals surface area contributed by atoms with Crippen LogP contribution in [0, 0.1) is 5.92 Å². The van der Waals surface area contributed by atoms with E-state index in [9.17, 15) is 4.79 Å². The summed E-state index contributed by atoms with van der Waals surface area (Å²) in [6.45, 7) is 16.5. The Morgan fingerprint density at radius 3 is 2.75 bits per heavy atom. The van der Waals surface area contributed by atoms with Crippen LogP contribution in [0.5, 0.6) is 11.5 Å². The molecule has 0 bridgehead atoms. The first kappa shape index (κ1) is 26.8. The van der Waals surface area contributed by atoms with E-state index < -0.39 is 16.8 Å². The van der Waals surface area contributed by atoms with Crippen molar-refractivity contribution in [2.24, 2.45) is 5.92 Å². The number of benzene rings is 1. The average Bonchev–Trinajstić information content (AvgIpc) is 2.79. The van der Waals surface area contributed by atoms with Gasteiger partial charge < -0.3 is 28.6 Å². The van der Waals surface area contributed by atoms with E-state index in [1.807, 2.05) is 39.8 Å². The summed E-state index contributed by atoms with van der Waals surface area (Å²) in [4.78, 5) is 14.6. The first-order valence-electron chi connectivity index (χ1n) is 13.3. The van der Waals surface area contributed by atoms with Crippen molar-refractivity contribution in [3.63, 3.8) is 0 Å². The van der Waals surface area contributed by atoms with E-state index in [2.05, 4.69) is 32.9 Å². The topological polar surface area (TPSA) is 66.5 Å². The summed E-state index contributed by atoms with van der Waals surface area (Å²) in [6.07, 6.45) is 4.32. The Kier molecular flexibility index (Phi) is 7.63. The first-order chi connectivity index (χ1) is 17.0. The summed E-state index contributed by atoms with van der Waals surface area (Å²) in [5.41, 5.74) is 0.704. The van der Waals surface area contributed by atoms with E-state index in [1.54, 1.807) is 4.90 Å². The molecule has 1 aromatic rings. The molecule has 0 aliphatic carbocycles. The predicted octanol–water partition coefficient (Wildman–Crippen LogP) is 6.07. The highest BCUT2D eigenvalue weighted by molar-refractivity contribution is 5.68. The first-order valence-corrected chi connectivity index (χ1v) is 13.3. The Bertz CT molecular complexity index is 980. The Hall–Kier alpha value is -2.25. The van der Waals surface area contributed by atoms with E-state index in [1.165, 1.54) is 5.57 Å². The van der Waals surface area contributed by atoms with Crippen LogP contribution in [0.3, 0.4) is 0 Å². The van der Waals surface area contributed by atoms with Crippen LogP contribution in [-0.4, -0.2) is 60.7 Å². The number of hydrogen-bond donors (Lipinski definition) is 0. The SMILES string of the molecule is CCOc1cccc2c1O[C@](C)(CCC=C(C)C)[C@H]1C[C@]3(CO[C@H]21)CN(C(=O)OC(C)(C)C)CCO3. The van der Waals surface area contributed by atoms with Crippen molar-refractivity contribution in [3.8, 4) is 11.5 Å². The van der Waals surface area contributed by atoms with E-state index in [4.69, 9.17) is 23.7 Å². The fourth-order valence-electron chi connectivity index (χ4n) is 5.63. The van der Waals surface area contributed by atoms with Gasteiger partial charge in [-0.15, -0.1) is 0 Å². The van der Waals surface area contributed by atoms with Crippen molar-refractivity contribution in [2.75, 3.05) is 32.9 Å². The molecule has 3 heterocycles. The second-order valence-electron chi connectivity index (χ2n) is 11.8. The molecule has 2 saturated heterocycles. The minimum Gasteiger partial charge on any atom is -0.490 e. The number of ether oxygens (including phenoxy) is 5. The van der Waals surface area contributed by atoms with Gasteiger partial charge in [0.15, 0.2) is 11.5 Å². The number of nitrogens with zero attached hydrogens (tertiary/aromatic N) is 1. The molecule has 3 aliphatic heterocycles. The van der Waals surface area contributed by atoms with Gasteiger partial charge in [-0.25, -0.2) is 4.79 Å². The minimum atomic E-state index is -0.591. The van der Waals surface area contributed by atoms with E-state index in [0.717, 1.165) is 36.3 Å². The molecule has 0 N–H and O–H groups in total. The number of morpholine rings is 1. The highest BCUT2D eigenvalue weighted by Crippen LogP contribution is 2.55. The van der Waals surface area contributed by atoms with Crippen LogP contribution in [0.2, 0.25) is 0 Å². The van der Waals surface area contributed by atoms with Gasteiger partial charge in [0, 0.05) is 18.0 Å². The maximum Gasteiger partial charge on any atom is 0.410 e. The van der Waals surface area contributed by atoms with Crippen molar-refractivity contribution >= 4 is 6.09 Å². The smallest absolute Gasteiger partial charge is 0.410 e. The zero-order valence-electron chi connectivity index (χ0n) is 23.0. The Morgan fingerprint density at radius 1 is 1.28 bits per heavy atom. The zero-order valence-corrected chi connectivity index (χ0v) is 23.0. The quantitative estimate of drug-likeness (QED) is 0.457. The van der Waals surface area contributed by atoms with Gasteiger partial charge in [-0.3, -0.25) is 0 Å². The summed E-state index contributed by atoms with van der Waals surface area (Å²) in [6, 6.07) is 6.05. The van der Waals surface area contributed by atoms with E-state index in [0.29, 0.717) is 32.9 Å². The van der Waals surface area contributed by atoms with Crippen LogP contribution >= 0.6 is 0 Å². The molecular formula is C29H43NO6.